The van der Waals surface area contributed by atoms with E-state index in [4.69, 9.17) is 4.74 Å². The van der Waals surface area contributed by atoms with Crippen molar-refractivity contribution in [2.75, 3.05) is 19.0 Å². The molecule has 2 aromatic carbocycles. The van der Waals surface area contributed by atoms with Crippen molar-refractivity contribution in [3.05, 3.63) is 63.7 Å². The summed E-state index contributed by atoms with van der Waals surface area (Å²) in [7, 11) is 1.44. The molecule has 0 aliphatic carbocycles. The molecule has 0 atom stereocenters. The number of rotatable bonds is 7. The second-order valence-corrected chi connectivity index (χ2v) is 5.28. The lowest BCUT2D eigenvalue weighted by Gasteiger charge is -2.10. The molecule has 0 unspecified atom stereocenters. The molecule has 7 heteroatoms. The Hall–Kier alpha value is -2.93. The largest absolute Gasteiger partial charge is 0.495 e. The topological polar surface area (TPSA) is 93.5 Å². The van der Waals surface area contributed by atoms with Crippen molar-refractivity contribution in [1.29, 1.82) is 0 Å². The molecule has 0 saturated carbocycles. The monoisotopic (exact) mass is 329 g/mol. The number of ether oxygens (including phenoxy) is 1. The van der Waals surface area contributed by atoms with Crippen molar-refractivity contribution < 1.29 is 14.5 Å². The van der Waals surface area contributed by atoms with Gasteiger partial charge < -0.3 is 15.4 Å². The van der Waals surface area contributed by atoms with Crippen LogP contribution in [-0.4, -0.2) is 24.5 Å². The van der Waals surface area contributed by atoms with Gasteiger partial charge in [-0.25, -0.2) is 0 Å². The molecule has 0 aromatic heterocycles. The number of carbonyl (C=O) groups is 1. The van der Waals surface area contributed by atoms with Crippen molar-refractivity contribution >= 4 is 17.3 Å². The van der Waals surface area contributed by atoms with E-state index < -0.39 is 4.92 Å². The molecule has 1 amide bonds. The average molecular weight is 329 g/mol. The van der Waals surface area contributed by atoms with Crippen molar-refractivity contribution in [2.24, 2.45) is 0 Å². The molecular weight excluding hydrogens is 310 g/mol. The minimum Gasteiger partial charge on any atom is -0.495 e. The van der Waals surface area contributed by atoms with Crippen LogP contribution in [-0.2, 0) is 11.3 Å². The minimum atomic E-state index is -0.523. The number of benzene rings is 2. The zero-order valence-corrected chi connectivity index (χ0v) is 13.5. The first-order valence-electron chi connectivity index (χ1n) is 7.38. The molecule has 0 aliphatic heterocycles. The second kappa shape index (κ2) is 8.07. The summed E-state index contributed by atoms with van der Waals surface area (Å²) in [6.07, 6.45) is 0. The van der Waals surface area contributed by atoms with Gasteiger partial charge in [-0.05, 0) is 18.6 Å². The number of hydrogen-bond donors (Lipinski definition) is 2. The Labute approximate surface area is 139 Å². The van der Waals surface area contributed by atoms with Crippen LogP contribution >= 0.6 is 0 Å². The van der Waals surface area contributed by atoms with Gasteiger partial charge >= 0.3 is 0 Å². The van der Waals surface area contributed by atoms with Crippen LogP contribution < -0.4 is 15.4 Å². The second-order valence-electron chi connectivity index (χ2n) is 5.28. The number of carbonyl (C=O) groups excluding carboxylic acids is 1. The van der Waals surface area contributed by atoms with Crippen LogP contribution in [0.15, 0.2) is 42.5 Å². The first-order chi connectivity index (χ1) is 11.5. The van der Waals surface area contributed by atoms with E-state index in [1.54, 1.807) is 0 Å². The molecule has 2 aromatic rings. The normalized spacial score (nSPS) is 10.2. The summed E-state index contributed by atoms with van der Waals surface area (Å²) >= 11 is 0. The highest BCUT2D eigenvalue weighted by molar-refractivity contribution is 5.94. The van der Waals surface area contributed by atoms with Crippen LogP contribution in [0.5, 0.6) is 5.75 Å². The Balaban J connectivity index is 1.93. The molecular formula is C17H19N3O4. The molecule has 0 radical (unpaired) electrons. The maximum atomic E-state index is 12.0. The van der Waals surface area contributed by atoms with Crippen LogP contribution in [0, 0.1) is 17.0 Å². The summed E-state index contributed by atoms with van der Waals surface area (Å²) in [5, 5.41) is 16.5. The van der Waals surface area contributed by atoms with Gasteiger partial charge in [-0.3, -0.25) is 14.9 Å². The van der Waals surface area contributed by atoms with Gasteiger partial charge in [0.2, 0.25) is 5.91 Å². The lowest BCUT2D eigenvalue weighted by atomic mass is 10.1. The molecule has 24 heavy (non-hydrogen) atoms. The summed E-state index contributed by atoms with van der Waals surface area (Å²) in [6.45, 7) is 2.65. The van der Waals surface area contributed by atoms with Crippen LogP contribution in [0.3, 0.4) is 0 Å². The predicted molar refractivity (Wildman–Crippen MR) is 91.2 cm³/mol. The number of nitrogens with zero attached hydrogens (tertiary/aromatic N) is 1. The molecule has 0 heterocycles. The van der Waals surface area contributed by atoms with Crippen molar-refractivity contribution in [3.63, 3.8) is 0 Å². The van der Waals surface area contributed by atoms with E-state index in [2.05, 4.69) is 10.6 Å². The Morgan fingerprint density at radius 1 is 1.21 bits per heavy atom. The predicted octanol–water partition coefficient (Wildman–Crippen LogP) is 2.64. The molecule has 126 valence electrons. The number of hydrogen-bond acceptors (Lipinski definition) is 5. The molecule has 2 N–H and O–H groups in total. The van der Waals surface area contributed by atoms with Gasteiger partial charge in [-0.2, -0.15) is 0 Å². The van der Waals surface area contributed by atoms with E-state index in [9.17, 15) is 14.9 Å². The minimum absolute atomic E-state index is 0.0831. The van der Waals surface area contributed by atoms with Gasteiger partial charge in [-0.15, -0.1) is 0 Å². The van der Waals surface area contributed by atoms with E-state index in [1.165, 1.54) is 30.9 Å². The van der Waals surface area contributed by atoms with Gasteiger partial charge in [-0.1, -0.05) is 29.8 Å². The molecule has 0 aliphatic rings. The fourth-order valence-electron chi connectivity index (χ4n) is 2.13. The van der Waals surface area contributed by atoms with Gasteiger partial charge in [0, 0.05) is 18.7 Å². The van der Waals surface area contributed by atoms with Crippen LogP contribution in [0.1, 0.15) is 11.1 Å². The molecule has 2 rings (SSSR count). The van der Waals surface area contributed by atoms with Crippen LogP contribution in [0.25, 0.3) is 0 Å². The molecule has 0 saturated heterocycles. The Kier molecular flexibility index (Phi) is 5.86. The average Bonchev–Trinajstić information content (AvgIpc) is 2.56. The molecule has 0 spiro atoms. The van der Waals surface area contributed by atoms with Crippen molar-refractivity contribution in [2.45, 2.75) is 13.5 Å². The molecule has 0 bridgehead atoms. The third kappa shape index (κ3) is 4.79. The highest BCUT2D eigenvalue weighted by Gasteiger charge is 2.13. The maximum absolute atomic E-state index is 12.0. The fourth-order valence-corrected chi connectivity index (χ4v) is 2.13. The number of non-ortho nitro benzene ring substituents is 1. The zero-order chi connectivity index (χ0) is 17.5. The molecule has 0 fully saturated rings. The number of amides is 1. The van der Waals surface area contributed by atoms with Crippen LogP contribution in [0.4, 0.5) is 11.4 Å². The summed E-state index contributed by atoms with van der Waals surface area (Å²) in [5.41, 5.74) is 2.41. The molecule has 7 nitrogen and oxygen atoms in total. The standard InChI is InChI=1S/C17H19N3O4/c1-12-3-5-13(6-4-12)10-18-11-17(21)19-15-9-14(20(22)23)7-8-16(15)24-2/h3-9,18H,10-11H2,1-2H3,(H,19,21). The Morgan fingerprint density at radius 2 is 1.92 bits per heavy atom. The highest BCUT2D eigenvalue weighted by Crippen LogP contribution is 2.28. The van der Waals surface area contributed by atoms with Gasteiger partial charge in [0.1, 0.15) is 5.75 Å². The van der Waals surface area contributed by atoms with E-state index in [0.29, 0.717) is 12.3 Å². The van der Waals surface area contributed by atoms with E-state index >= 15 is 0 Å². The number of nitro benzene ring substituents is 1. The smallest absolute Gasteiger partial charge is 0.271 e. The summed E-state index contributed by atoms with van der Waals surface area (Å²) < 4.78 is 5.11. The number of methoxy groups -OCH3 is 1. The van der Waals surface area contributed by atoms with E-state index in [1.807, 2.05) is 31.2 Å². The third-order valence-electron chi connectivity index (χ3n) is 3.40. The van der Waals surface area contributed by atoms with Crippen molar-refractivity contribution in [1.82, 2.24) is 5.32 Å². The first-order valence-corrected chi connectivity index (χ1v) is 7.38. The Bertz CT molecular complexity index is 729. The number of anilines is 1. The lowest BCUT2D eigenvalue weighted by molar-refractivity contribution is -0.384. The lowest BCUT2D eigenvalue weighted by Crippen LogP contribution is -2.27. The maximum Gasteiger partial charge on any atom is 0.271 e. The highest BCUT2D eigenvalue weighted by atomic mass is 16.6. The Morgan fingerprint density at radius 3 is 2.54 bits per heavy atom. The summed E-state index contributed by atoms with van der Waals surface area (Å²) in [4.78, 5) is 22.3. The number of nitrogens with one attached hydrogen (secondary N) is 2. The number of nitro groups is 1. The first kappa shape index (κ1) is 17.4. The van der Waals surface area contributed by atoms with Crippen molar-refractivity contribution in [3.8, 4) is 5.75 Å². The summed E-state index contributed by atoms with van der Waals surface area (Å²) in [5.74, 6) is 0.0633. The zero-order valence-electron chi connectivity index (χ0n) is 13.5. The number of aryl methyl sites for hydroxylation is 1. The quantitative estimate of drug-likeness (QED) is 0.601. The van der Waals surface area contributed by atoms with Crippen LogP contribution in [0.2, 0.25) is 0 Å². The van der Waals surface area contributed by atoms with E-state index in [-0.39, 0.29) is 23.8 Å². The fraction of sp³-hybridized carbons (Fsp3) is 0.235. The van der Waals surface area contributed by atoms with Gasteiger partial charge in [0.05, 0.1) is 24.3 Å². The third-order valence-corrected chi connectivity index (χ3v) is 3.40. The SMILES string of the molecule is COc1ccc([N+](=O)[O-])cc1NC(=O)CNCc1ccc(C)cc1. The summed E-state index contributed by atoms with van der Waals surface area (Å²) in [6, 6.07) is 12.0. The van der Waals surface area contributed by atoms with Gasteiger partial charge in [0.25, 0.3) is 5.69 Å². The van der Waals surface area contributed by atoms with E-state index in [0.717, 1.165) is 5.56 Å². The van der Waals surface area contributed by atoms with Gasteiger partial charge in [0.15, 0.2) is 0 Å².